The first-order valence-electron chi connectivity index (χ1n) is 6.64. The van der Waals surface area contributed by atoms with Crippen LogP contribution in [0.25, 0.3) is 10.8 Å². The Bertz CT molecular complexity index is 824. The van der Waals surface area contributed by atoms with Crippen LogP contribution < -0.4 is 0 Å². The summed E-state index contributed by atoms with van der Waals surface area (Å²) in [6.07, 6.45) is 0. The summed E-state index contributed by atoms with van der Waals surface area (Å²) < 4.78 is 0. The molecule has 1 N–H and O–H groups in total. The molecule has 3 heteroatoms. The van der Waals surface area contributed by atoms with E-state index < -0.39 is 5.97 Å². The van der Waals surface area contributed by atoms with Gasteiger partial charge in [-0.2, -0.15) is 0 Å². The molecule has 0 aromatic heterocycles. The summed E-state index contributed by atoms with van der Waals surface area (Å²) in [4.78, 5) is 13.2. The Balaban J connectivity index is 1.91. The SMILES string of the molecule is Cc1cc(Sc2ccc3ccccc3c2)ccc1C(=O)O. The van der Waals surface area contributed by atoms with Crippen LogP contribution in [0.3, 0.4) is 0 Å². The maximum absolute atomic E-state index is 11.0. The third kappa shape index (κ3) is 2.93. The molecular weight excluding hydrogens is 280 g/mol. The zero-order valence-corrected chi connectivity index (χ0v) is 12.4. The number of aryl methyl sites for hydroxylation is 1. The first-order chi connectivity index (χ1) is 10.1. The average molecular weight is 294 g/mol. The van der Waals surface area contributed by atoms with Crippen molar-refractivity contribution in [3.63, 3.8) is 0 Å². The molecule has 0 amide bonds. The molecule has 3 aromatic carbocycles. The number of benzene rings is 3. The number of hydrogen-bond acceptors (Lipinski definition) is 2. The molecule has 0 atom stereocenters. The van der Waals surface area contributed by atoms with Crippen LogP contribution in [0, 0.1) is 6.92 Å². The Labute approximate surface area is 127 Å². The van der Waals surface area contributed by atoms with Crippen LogP contribution in [0.2, 0.25) is 0 Å². The fraction of sp³-hybridized carbons (Fsp3) is 0.0556. The van der Waals surface area contributed by atoms with E-state index in [0.29, 0.717) is 5.56 Å². The first-order valence-corrected chi connectivity index (χ1v) is 7.46. The maximum Gasteiger partial charge on any atom is 0.335 e. The highest BCUT2D eigenvalue weighted by molar-refractivity contribution is 7.99. The molecule has 0 unspecified atom stereocenters. The van der Waals surface area contributed by atoms with Crippen molar-refractivity contribution in [2.45, 2.75) is 16.7 Å². The van der Waals surface area contributed by atoms with Crippen molar-refractivity contribution in [3.8, 4) is 0 Å². The maximum atomic E-state index is 11.0. The summed E-state index contributed by atoms with van der Waals surface area (Å²) in [5, 5.41) is 11.5. The molecule has 3 aromatic rings. The van der Waals surface area contributed by atoms with Crippen molar-refractivity contribution in [1.29, 1.82) is 0 Å². The summed E-state index contributed by atoms with van der Waals surface area (Å²) in [7, 11) is 0. The number of aromatic carboxylic acids is 1. The first kappa shape index (κ1) is 13.7. The van der Waals surface area contributed by atoms with Gasteiger partial charge in [-0.05, 0) is 53.6 Å². The average Bonchev–Trinajstić information content (AvgIpc) is 2.47. The molecule has 0 aliphatic heterocycles. The van der Waals surface area contributed by atoms with Crippen LogP contribution in [0.4, 0.5) is 0 Å². The smallest absolute Gasteiger partial charge is 0.335 e. The van der Waals surface area contributed by atoms with E-state index in [-0.39, 0.29) is 0 Å². The predicted molar refractivity (Wildman–Crippen MR) is 86.2 cm³/mol. The molecule has 0 bridgehead atoms. The zero-order chi connectivity index (χ0) is 14.8. The van der Waals surface area contributed by atoms with E-state index in [4.69, 9.17) is 5.11 Å². The number of carboxylic acid groups (broad SMARTS) is 1. The molecule has 0 aliphatic rings. The number of carbonyl (C=O) groups is 1. The van der Waals surface area contributed by atoms with Crippen molar-refractivity contribution in [1.82, 2.24) is 0 Å². The standard InChI is InChI=1S/C18H14O2S/c1-12-10-15(8-9-17(12)18(19)20)21-16-7-6-13-4-2-3-5-14(13)11-16/h2-11H,1H3,(H,19,20). The third-order valence-corrected chi connectivity index (χ3v) is 4.36. The highest BCUT2D eigenvalue weighted by Gasteiger charge is 2.08. The Kier molecular flexibility index (Phi) is 3.67. The van der Waals surface area contributed by atoms with Crippen molar-refractivity contribution >= 4 is 28.5 Å². The minimum Gasteiger partial charge on any atom is -0.478 e. The van der Waals surface area contributed by atoms with Gasteiger partial charge >= 0.3 is 5.97 Å². The van der Waals surface area contributed by atoms with E-state index in [1.54, 1.807) is 17.8 Å². The summed E-state index contributed by atoms with van der Waals surface area (Å²) in [6, 6.07) is 20.0. The van der Waals surface area contributed by atoms with Crippen LogP contribution in [0.5, 0.6) is 0 Å². The minimum absolute atomic E-state index is 0.359. The lowest BCUT2D eigenvalue weighted by Gasteiger charge is -2.06. The molecule has 2 nitrogen and oxygen atoms in total. The largest absolute Gasteiger partial charge is 0.478 e. The van der Waals surface area contributed by atoms with Gasteiger partial charge in [0.25, 0.3) is 0 Å². The van der Waals surface area contributed by atoms with Crippen molar-refractivity contribution < 1.29 is 9.90 Å². The molecule has 104 valence electrons. The molecule has 0 saturated heterocycles. The van der Waals surface area contributed by atoms with Gasteiger partial charge in [-0.3, -0.25) is 0 Å². The quantitative estimate of drug-likeness (QED) is 0.738. The second-order valence-electron chi connectivity index (χ2n) is 4.89. The monoisotopic (exact) mass is 294 g/mol. The second kappa shape index (κ2) is 5.62. The number of fused-ring (bicyclic) bond motifs is 1. The molecule has 0 fully saturated rings. The summed E-state index contributed by atoms with van der Waals surface area (Å²) in [5.41, 5.74) is 1.14. The van der Waals surface area contributed by atoms with Gasteiger partial charge in [-0.25, -0.2) is 4.79 Å². The summed E-state index contributed by atoms with van der Waals surface area (Å²) >= 11 is 1.64. The molecule has 0 heterocycles. The Hall–Kier alpha value is -2.26. The number of carboxylic acids is 1. The fourth-order valence-electron chi connectivity index (χ4n) is 2.31. The Morgan fingerprint density at radius 3 is 2.29 bits per heavy atom. The van der Waals surface area contributed by atoms with E-state index >= 15 is 0 Å². The zero-order valence-electron chi connectivity index (χ0n) is 11.5. The predicted octanol–water partition coefficient (Wildman–Crippen LogP) is 5.00. The van der Waals surface area contributed by atoms with Gasteiger partial charge in [0, 0.05) is 9.79 Å². The summed E-state index contributed by atoms with van der Waals surface area (Å²) in [6.45, 7) is 1.83. The van der Waals surface area contributed by atoms with Crippen LogP contribution in [-0.2, 0) is 0 Å². The lowest BCUT2D eigenvalue weighted by Crippen LogP contribution is -1.98. The van der Waals surface area contributed by atoms with E-state index in [2.05, 4.69) is 30.3 Å². The van der Waals surface area contributed by atoms with Gasteiger partial charge in [0.15, 0.2) is 0 Å². The molecule has 21 heavy (non-hydrogen) atoms. The fourth-order valence-corrected chi connectivity index (χ4v) is 3.27. The lowest BCUT2D eigenvalue weighted by molar-refractivity contribution is 0.0696. The van der Waals surface area contributed by atoms with Gasteiger partial charge in [0.2, 0.25) is 0 Å². The lowest BCUT2D eigenvalue weighted by atomic mass is 10.1. The molecule has 0 radical (unpaired) electrons. The number of rotatable bonds is 3. The highest BCUT2D eigenvalue weighted by atomic mass is 32.2. The molecule has 3 rings (SSSR count). The number of hydrogen-bond donors (Lipinski definition) is 1. The van der Waals surface area contributed by atoms with E-state index in [1.807, 2.05) is 31.2 Å². The van der Waals surface area contributed by atoms with Gasteiger partial charge in [-0.1, -0.05) is 42.1 Å². The molecule has 0 aliphatic carbocycles. The van der Waals surface area contributed by atoms with Crippen molar-refractivity contribution in [2.24, 2.45) is 0 Å². The topological polar surface area (TPSA) is 37.3 Å². The van der Waals surface area contributed by atoms with Crippen LogP contribution >= 0.6 is 11.8 Å². The van der Waals surface area contributed by atoms with Gasteiger partial charge in [0.1, 0.15) is 0 Å². The van der Waals surface area contributed by atoms with Gasteiger partial charge in [-0.15, -0.1) is 0 Å². The van der Waals surface area contributed by atoms with Crippen molar-refractivity contribution in [2.75, 3.05) is 0 Å². The molecule has 0 saturated carbocycles. The van der Waals surface area contributed by atoms with Crippen molar-refractivity contribution in [3.05, 3.63) is 71.8 Å². The summed E-state index contributed by atoms with van der Waals surface area (Å²) in [5.74, 6) is -0.880. The van der Waals surface area contributed by atoms with Crippen LogP contribution in [0.1, 0.15) is 15.9 Å². The van der Waals surface area contributed by atoms with Crippen LogP contribution in [0.15, 0.2) is 70.5 Å². The van der Waals surface area contributed by atoms with E-state index in [9.17, 15) is 4.79 Å². The molecular formula is C18H14O2S. The highest BCUT2D eigenvalue weighted by Crippen LogP contribution is 2.31. The third-order valence-electron chi connectivity index (χ3n) is 3.38. The normalized spacial score (nSPS) is 10.7. The molecule has 0 spiro atoms. The Morgan fingerprint density at radius 2 is 1.57 bits per heavy atom. The van der Waals surface area contributed by atoms with Crippen LogP contribution in [-0.4, -0.2) is 11.1 Å². The van der Waals surface area contributed by atoms with E-state index in [0.717, 1.165) is 15.4 Å². The second-order valence-corrected chi connectivity index (χ2v) is 6.04. The van der Waals surface area contributed by atoms with E-state index in [1.165, 1.54) is 10.8 Å². The van der Waals surface area contributed by atoms with Gasteiger partial charge < -0.3 is 5.11 Å². The minimum atomic E-state index is -0.880. The van der Waals surface area contributed by atoms with Gasteiger partial charge in [0.05, 0.1) is 5.56 Å². The Morgan fingerprint density at radius 1 is 0.905 bits per heavy atom.